The van der Waals surface area contributed by atoms with E-state index in [1.54, 1.807) is 25.3 Å². The standard InChI is InChI=1S/C19H22O4/c1-14(2)16-5-4-6-17(12-16)22-9-10-23-18-8-7-15(13-20)11-19(18)21-3/h4-8,11-14H,9-10H2,1-3H3. The van der Waals surface area contributed by atoms with Crippen molar-refractivity contribution in [3.63, 3.8) is 0 Å². The Labute approximate surface area is 137 Å². The van der Waals surface area contributed by atoms with Gasteiger partial charge in [0.15, 0.2) is 11.5 Å². The van der Waals surface area contributed by atoms with Gasteiger partial charge in [0.25, 0.3) is 0 Å². The van der Waals surface area contributed by atoms with Crippen molar-refractivity contribution in [2.45, 2.75) is 19.8 Å². The monoisotopic (exact) mass is 314 g/mol. The molecule has 0 heterocycles. The molecule has 23 heavy (non-hydrogen) atoms. The van der Waals surface area contributed by atoms with Crippen molar-refractivity contribution in [3.05, 3.63) is 53.6 Å². The van der Waals surface area contributed by atoms with Crippen molar-refractivity contribution in [2.75, 3.05) is 20.3 Å². The number of carbonyl (C=O) groups is 1. The van der Waals surface area contributed by atoms with Crippen molar-refractivity contribution in [2.24, 2.45) is 0 Å². The van der Waals surface area contributed by atoms with Gasteiger partial charge in [-0.15, -0.1) is 0 Å². The molecule has 0 aliphatic carbocycles. The van der Waals surface area contributed by atoms with Crippen molar-refractivity contribution in [1.29, 1.82) is 0 Å². The molecule has 0 unspecified atom stereocenters. The molecule has 0 bridgehead atoms. The number of ether oxygens (including phenoxy) is 3. The van der Waals surface area contributed by atoms with E-state index in [1.165, 1.54) is 5.56 Å². The van der Waals surface area contributed by atoms with E-state index < -0.39 is 0 Å². The maximum atomic E-state index is 10.8. The van der Waals surface area contributed by atoms with E-state index in [4.69, 9.17) is 14.2 Å². The van der Waals surface area contributed by atoms with E-state index in [-0.39, 0.29) is 0 Å². The number of rotatable bonds is 8. The highest BCUT2D eigenvalue weighted by atomic mass is 16.5. The van der Waals surface area contributed by atoms with Crippen LogP contribution in [0.3, 0.4) is 0 Å². The van der Waals surface area contributed by atoms with Crippen LogP contribution in [-0.2, 0) is 0 Å². The van der Waals surface area contributed by atoms with Gasteiger partial charge in [-0.3, -0.25) is 4.79 Å². The average Bonchev–Trinajstić information content (AvgIpc) is 2.59. The molecule has 0 spiro atoms. The number of carbonyl (C=O) groups excluding carboxylic acids is 1. The SMILES string of the molecule is COc1cc(C=O)ccc1OCCOc1cccc(C(C)C)c1. The fourth-order valence-electron chi connectivity index (χ4n) is 2.15. The smallest absolute Gasteiger partial charge is 0.161 e. The predicted molar refractivity (Wildman–Crippen MR) is 89.9 cm³/mol. The summed E-state index contributed by atoms with van der Waals surface area (Å²) in [4.78, 5) is 10.8. The third kappa shape index (κ3) is 4.74. The van der Waals surface area contributed by atoms with Gasteiger partial charge in [0, 0.05) is 5.56 Å². The van der Waals surface area contributed by atoms with Crippen molar-refractivity contribution in [3.8, 4) is 17.2 Å². The summed E-state index contributed by atoms with van der Waals surface area (Å²) < 4.78 is 16.6. The van der Waals surface area contributed by atoms with E-state index in [0.717, 1.165) is 12.0 Å². The first-order valence-corrected chi connectivity index (χ1v) is 7.63. The van der Waals surface area contributed by atoms with Crippen molar-refractivity contribution >= 4 is 6.29 Å². The lowest BCUT2D eigenvalue weighted by Crippen LogP contribution is -2.09. The molecule has 4 nitrogen and oxygen atoms in total. The summed E-state index contributed by atoms with van der Waals surface area (Å²) in [6.45, 7) is 5.12. The van der Waals surface area contributed by atoms with Crippen molar-refractivity contribution in [1.82, 2.24) is 0 Å². The molecule has 0 N–H and O–H groups in total. The first-order valence-electron chi connectivity index (χ1n) is 7.63. The van der Waals surface area contributed by atoms with Crippen LogP contribution in [0.2, 0.25) is 0 Å². The highest BCUT2D eigenvalue weighted by molar-refractivity contribution is 5.76. The number of aldehydes is 1. The van der Waals surface area contributed by atoms with Gasteiger partial charge in [0.1, 0.15) is 25.2 Å². The Morgan fingerprint density at radius 1 is 1.00 bits per heavy atom. The normalized spacial score (nSPS) is 10.4. The van der Waals surface area contributed by atoms with Crippen LogP contribution in [0.15, 0.2) is 42.5 Å². The fourth-order valence-corrected chi connectivity index (χ4v) is 2.15. The maximum Gasteiger partial charge on any atom is 0.161 e. The summed E-state index contributed by atoms with van der Waals surface area (Å²) in [6.07, 6.45) is 0.775. The minimum atomic E-state index is 0.392. The number of hydrogen-bond acceptors (Lipinski definition) is 4. The Hall–Kier alpha value is -2.49. The lowest BCUT2D eigenvalue weighted by atomic mass is 10.0. The Bertz CT molecular complexity index is 650. The third-order valence-electron chi connectivity index (χ3n) is 3.46. The van der Waals surface area contributed by atoms with Gasteiger partial charge in [0.05, 0.1) is 7.11 Å². The average molecular weight is 314 g/mol. The van der Waals surface area contributed by atoms with Crippen molar-refractivity contribution < 1.29 is 19.0 Å². The highest BCUT2D eigenvalue weighted by Crippen LogP contribution is 2.27. The fraction of sp³-hybridized carbons (Fsp3) is 0.316. The molecular weight excluding hydrogens is 292 g/mol. The molecule has 0 radical (unpaired) electrons. The lowest BCUT2D eigenvalue weighted by molar-refractivity contribution is 0.112. The Morgan fingerprint density at radius 2 is 1.78 bits per heavy atom. The molecule has 2 aromatic rings. The minimum absolute atomic E-state index is 0.392. The van der Waals surface area contributed by atoms with E-state index in [9.17, 15) is 4.79 Å². The quantitative estimate of drug-likeness (QED) is 0.544. The summed E-state index contributed by atoms with van der Waals surface area (Å²) in [6, 6.07) is 13.1. The second-order valence-corrected chi connectivity index (χ2v) is 5.45. The van der Waals surface area contributed by atoms with Crippen LogP contribution in [-0.4, -0.2) is 26.6 Å². The molecule has 0 aromatic heterocycles. The first kappa shape index (κ1) is 16.9. The first-order chi connectivity index (χ1) is 11.1. The summed E-state index contributed by atoms with van der Waals surface area (Å²) in [7, 11) is 1.55. The summed E-state index contributed by atoms with van der Waals surface area (Å²) in [5, 5.41) is 0. The molecule has 0 saturated heterocycles. The predicted octanol–water partition coefficient (Wildman–Crippen LogP) is 4.09. The lowest BCUT2D eigenvalue weighted by Gasteiger charge is -2.12. The maximum absolute atomic E-state index is 10.8. The van der Waals surface area contributed by atoms with Gasteiger partial charge in [0.2, 0.25) is 0 Å². The molecule has 2 rings (SSSR count). The van der Waals surface area contributed by atoms with E-state index in [0.29, 0.717) is 36.2 Å². The van der Waals surface area contributed by atoms with E-state index >= 15 is 0 Å². The van der Waals surface area contributed by atoms with Crippen LogP contribution in [0.5, 0.6) is 17.2 Å². The molecule has 0 atom stereocenters. The van der Waals surface area contributed by atoms with Gasteiger partial charge in [-0.05, 0) is 41.8 Å². The number of benzene rings is 2. The third-order valence-corrected chi connectivity index (χ3v) is 3.46. The van der Waals surface area contributed by atoms with Crippen LogP contribution in [0.1, 0.15) is 35.7 Å². The van der Waals surface area contributed by atoms with Gasteiger partial charge in [-0.2, -0.15) is 0 Å². The Kier molecular flexibility index (Phi) is 6.03. The zero-order valence-electron chi connectivity index (χ0n) is 13.7. The Balaban J connectivity index is 1.88. The summed E-state index contributed by atoms with van der Waals surface area (Å²) in [5.41, 5.74) is 1.80. The topological polar surface area (TPSA) is 44.8 Å². The molecule has 0 saturated carbocycles. The summed E-state index contributed by atoms with van der Waals surface area (Å²) in [5.74, 6) is 2.44. The van der Waals surface area contributed by atoms with E-state index in [1.807, 2.05) is 18.2 Å². The van der Waals surface area contributed by atoms with E-state index in [2.05, 4.69) is 19.9 Å². The zero-order chi connectivity index (χ0) is 16.7. The molecule has 0 amide bonds. The van der Waals surface area contributed by atoms with Crippen LogP contribution in [0, 0.1) is 0 Å². The summed E-state index contributed by atoms with van der Waals surface area (Å²) >= 11 is 0. The molecule has 4 heteroatoms. The molecule has 122 valence electrons. The molecule has 2 aromatic carbocycles. The molecule has 0 aliphatic heterocycles. The Morgan fingerprint density at radius 3 is 2.48 bits per heavy atom. The van der Waals surface area contributed by atoms with Gasteiger partial charge in [-0.25, -0.2) is 0 Å². The highest BCUT2D eigenvalue weighted by Gasteiger charge is 2.06. The van der Waals surface area contributed by atoms with Crippen LogP contribution in [0.4, 0.5) is 0 Å². The largest absolute Gasteiger partial charge is 0.493 e. The van der Waals surface area contributed by atoms with Gasteiger partial charge < -0.3 is 14.2 Å². The number of methoxy groups -OCH3 is 1. The van der Waals surface area contributed by atoms with Crippen LogP contribution >= 0.6 is 0 Å². The molecule has 0 fully saturated rings. The second-order valence-electron chi connectivity index (χ2n) is 5.45. The van der Waals surface area contributed by atoms with Gasteiger partial charge >= 0.3 is 0 Å². The van der Waals surface area contributed by atoms with Gasteiger partial charge in [-0.1, -0.05) is 26.0 Å². The number of hydrogen-bond donors (Lipinski definition) is 0. The van der Waals surface area contributed by atoms with Crippen LogP contribution in [0.25, 0.3) is 0 Å². The zero-order valence-corrected chi connectivity index (χ0v) is 13.7. The minimum Gasteiger partial charge on any atom is -0.493 e. The van der Waals surface area contributed by atoms with Crippen LogP contribution < -0.4 is 14.2 Å². The molecule has 0 aliphatic rings. The molecular formula is C19H22O4. The second kappa shape index (κ2) is 8.22.